The lowest BCUT2D eigenvalue weighted by Crippen LogP contribution is -2.37. The topological polar surface area (TPSA) is 55.5 Å². The first kappa shape index (κ1) is 12.5. The zero-order chi connectivity index (χ0) is 13.4. The van der Waals surface area contributed by atoms with Crippen molar-refractivity contribution in [1.82, 2.24) is 0 Å². The van der Waals surface area contributed by atoms with Gasteiger partial charge in [-0.15, -0.1) is 6.58 Å². The van der Waals surface area contributed by atoms with Crippen LogP contribution in [-0.4, -0.2) is 17.8 Å². The quantitative estimate of drug-likeness (QED) is 0.803. The number of hydrogen-bond acceptors (Lipinski definition) is 3. The molecule has 3 nitrogen and oxygen atoms in total. The molecule has 3 atom stereocenters. The number of allylic oxidation sites excluding steroid dienone is 1. The number of phenols is 1. The molecule has 3 unspecified atom stereocenters. The van der Waals surface area contributed by atoms with Crippen LogP contribution in [0.4, 0.5) is 0 Å². The predicted molar refractivity (Wildman–Crippen MR) is 75.6 cm³/mol. The van der Waals surface area contributed by atoms with E-state index in [0.717, 1.165) is 49.2 Å². The Morgan fingerprint density at radius 2 is 2.26 bits per heavy atom. The van der Waals surface area contributed by atoms with Gasteiger partial charge in [0.1, 0.15) is 11.5 Å². The van der Waals surface area contributed by atoms with Gasteiger partial charge in [-0.25, -0.2) is 0 Å². The first-order valence-corrected chi connectivity index (χ1v) is 7.04. The molecule has 2 aliphatic rings. The maximum atomic E-state index is 10.3. The molecule has 1 fully saturated rings. The highest BCUT2D eigenvalue weighted by atomic mass is 16.5. The van der Waals surface area contributed by atoms with Crippen molar-refractivity contribution in [1.29, 1.82) is 0 Å². The van der Waals surface area contributed by atoms with Gasteiger partial charge in [0.25, 0.3) is 0 Å². The smallest absolute Gasteiger partial charge is 0.126 e. The highest BCUT2D eigenvalue weighted by Crippen LogP contribution is 2.48. The minimum absolute atomic E-state index is 0.249. The summed E-state index contributed by atoms with van der Waals surface area (Å²) in [6.45, 7) is 4.49. The van der Waals surface area contributed by atoms with Crippen molar-refractivity contribution in [3.05, 3.63) is 35.9 Å². The van der Waals surface area contributed by atoms with Crippen LogP contribution in [0.1, 0.15) is 36.3 Å². The summed E-state index contributed by atoms with van der Waals surface area (Å²) in [6, 6.07) is 4.12. The average Bonchev–Trinajstić information content (AvgIpc) is 2.38. The largest absolute Gasteiger partial charge is 0.508 e. The van der Waals surface area contributed by atoms with Gasteiger partial charge in [0.15, 0.2) is 0 Å². The SMILES string of the molecule is C=CCc1cc(O)c2c(c1)OCC1CCC(N)CC21. The van der Waals surface area contributed by atoms with Crippen LogP contribution >= 0.6 is 0 Å². The molecule has 1 saturated carbocycles. The Labute approximate surface area is 114 Å². The molecule has 0 amide bonds. The molecule has 102 valence electrons. The number of rotatable bonds is 2. The molecule has 1 heterocycles. The Kier molecular flexibility index (Phi) is 3.23. The van der Waals surface area contributed by atoms with E-state index in [4.69, 9.17) is 10.5 Å². The van der Waals surface area contributed by atoms with E-state index < -0.39 is 0 Å². The number of aromatic hydroxyl groups is 1. The van der Waals surface area contributed by atoms with Crippen LogP contribution < -0.4 is 10.5 Å². The zero-order valence-electron chi connectivity index (χ0n) is 11.1. The molecule has 0 spiro atoms. The second-order valence-corrected chi connectivity index (χ2v) is 5.77. The van der Waals surface area contributed by atoms with Crippen molar-refractivity contribution in [3.8, 4) is 11.5 Å². The van der Waals surface area contributed by atoms with Crippen LogP contribution in [0.3, 0.4) is 0 Å². The Balaban J connectivity index is 1.99. The summed E-state index contributed by atoms with van der Waals surface area (Å²) in [5, 5.41) is 10.3. The molecule has 0 radical (unpaired) electrons. The summed E-state index contributed by atoms with van der Waals surface area (Å²) in [6.07, 6.45) is 5.70. The lowest BCUT2D eigenvalue weighted by molar-refractivity contribution is 0.146. The molecule has 3 rings (SSSR count). The van der Waals surface area contributed by atoms with Crippen molar-refractivity contribution in [3.63, 3.8) is 0 Å². The van der Waals surface area contributed by atoms with Crippen LogP contribution in [-0.2, 0) is 6.42 Å². The Morgan fingerprint density at radius 3 is 3.05 bits per heavy atom. The van der Waals surface area contributed by atoms with Gasteiger partial charge in [-0.05, 0) is 49.3 Å². The second kappa shape index (κ2) is 4.89. The normalized spacial score (nSPS) is 29.0. The van der Waals surface area contributed by atoms with E-state index in [1.165, 1.54) is 0 Å². The summed E-state index contributed by atoms with van der Waals surface area (Å²) >= 11 is 0. The third kappa shape index (κ3) is 2.23. The van der Waals surface area contributed by atoms with Crippen LogP contribution in [0.2, 0.25) is 0 Å². The van der Waals surface area contributed by atoms with E-state index in [1.54, 1.807) is 0 Å². The third-order valence-corrected chi connectivity index (χ3v) is 4.42. The number of phenolic OH excluding ortho intramolecular Hbond substituents is 1. The summed E-state index contributed by atoms with van der Waals surface area (Å²) in [4.78, 5) is 0. The molecule has 1 aromatic carbocycles. The van der Waals surface area contributed by atoms with Crippen LogP contribution in [0, 0.1) is 5.92 Å². The monoisotopic (exact) mass is 259 g/mol. The lowest BCUT2D eigenvalue weighted by Gasteiger charge is -2.39. The van der Waals surface area contributed by atoms with Crippen molar-refractivity contribution < 1.29 is 9.84 Å². The van der Waals surface area contributed by atoms with E-state index >= 15 is 0 Å². The number of hydrogen-bond donors (Lipinski definition) is 2. The van der Waals surface area contributed by atoms with Crippen LogP contribution in [0.25, 0.3) is 0 Å². The van der Waals surface area contributed by atoms with E-state index in [1.807, 2.05) is 18.2 Å². The van der Waals surface area contributed by atoms with Crippen molar-refractivity contribution >= 4 is 0 Å². The molecule has 0 bridgehead atoms. The van der Waals surface area contributed by atoms with Gasteiger partial charge in [-0.1, -0.05) is 6.08 Å². The van der Waals surface area contributed by atoms with Crippen LogP contribution in [0.15, 0.2) is 24.8 Å². The van der Waals surface area contributed by atoms with Crippen LogP contribution in [0.5, 0.6) is 11.5 Å². The molecule has 3 N–H and O–H groups in total. The fourth-order valence-corrected chi connectivity index (χ4v) is 3.46. The zero-order valence-corrected chi connectivity index (χ0v) is 11.1. The molecule has 3 heteroatoms. The fraction of sp³-hybridized carbons (Fsp3) is 0.500. The standard InChI is InChI=1S/C16H21NO2/c1-2-3-10-6-14(18)16-13-8-12(17)5-4-11(13)9-19-15(16)7-10/h2,6-7,11-13,18H,1,3-5,8-9,17H2. The molecular formula is C16H21NO2. The second-order valence-electron chi connectivity index (χ2n) is 5.77. The van der Waals surface area contributed by atoms with Gasteiger partial charge in [-0.2, -0.15) is 0 Å². The van der Waals surface area contributed by atoms with Gasteiger partial charge in [0.2, 0.25) is 0 Å². The van der Waals surface area contributed by atoms with Gasteiger partial charge >= 0.3 is 0 Å². The minimum atomic E-state index is 0.249. The molecule has 19 heavy (non-hydrogen) atoms. The van der Waals surface area contributed by atoms with Gasteiger partial charge in [0, 0.05) is 17.5 Å². The molecule has 1 aliphatic carbocycles. The number of benzene rings is 1. The maximum Gasteiger partial charge on any atom is 0.126 e. The van der Waals surface area contributed by atoms with E-state index in [9.17, 15) is 5.11 Å². The van der Waals surface area contributed by atoms with E-state index in [0.29, 0.717) is 17.6 Å². The average molecular weight is 259 g/mol. The maximum absolute atomic E-state index is 10.3. The van der Waals surface area contributed by atoms with E-state index in [-0.39, 0.29) is 6.04 Å². The first-order chi connectivity index (χ1) is 9.19. The van der Waals surface area contributed by atoms with Crippen molar-refractivity contribution in [2.45, 2.75) is 37.6 Å². The van der Waals surface area contributed by atoms with E-state index in [2.05, 4.69) is 6.58 Å². The molecule has 0 aromatic heterocycles. The third-order valence-electron chi connectivity index (χ3n) is 4.42. The molecule has 1 aliphatic heterocycles. The highest BCUT2D eigenvalue weighted by molar-refractivity contribution is 5.51. The Bertz CT molecular complexity index is 498. The fourth-order valence-electron chi connectivity index (χ4n) is 3.46. The van der Waals surface area contributed by atoms with Crippen molar-refractivity contribution in [2.75, 3.05) is 6.61 Å². The Morgan fingerprint density at radius 1 is 1.42 bits per heavy atom. The summed E-state index contributed by atoms with van der Waals surface area (Å²) < 4.78 is 5.86. The predicted octanol–water partition coefficient (Wildman–Crippen LogP) is 2.72. The number of ether oxygens (including phenoxy) is 1. The lowest BCUT2D eigenvalue weighted by atomic mass is 9.72. The first-order valence-electron chi connectivity index (χ1n) is 7.04. The van der Waals surface area contributed by atoms with Gasteiger partial charge in [0.05, 0.1) is 6.61 Å². The summed E-state index contributed by atoms with van der Waals surface area (Å²) in [7, 11) is 0. The molecule has 1 aromatic rings. The van der Waals surface area contributed by atoms with Gasteiger partial charge < -0.3 is 15.6 Å². The summed E-state index contributed by atoms with van der Waals surface area (Å²) in [5.74, 6) is 2.05. The molecule has 0 saturated heterocycles. The number of fused-ring (bicyclic) bond motifs is 3. The minimum Gasteiger partial charge on any atom is -0.508 e. The number of nitrogens with two attached hydrogens (primary N) is 1. The highest BCUT2D eigenvalue weighted by Gasteiger charge is 2.37. The van der Waals surface area contributed by atoms with Gasteiger partial charge in [-0.3, -0.25) is 0 Å². The van der Waals surface area contributed by atoms with Crippen molar-refractivity contribution in [2.24, 2.45) is 11.7 Å². The summed E-state index contributed by atoms with van der Waals surface area (Å²) in [5.41, 5.74) is 8.11. The Hall–Kier alpha value is -1.48. The molecular weight excluding hydrogens is 238 g/mol.